The molecule has 0 radical (unpaired) electrons. The lowest BCUT2D eigenvalue weighted by atomic mass is 9.51. The molecule has 0 unspecified atom stereocenters. The lowest BCUT2D eigenvalue weighted by molar-refractivity contribution is 0.429. The predicted octanol–water partition coefficient (Wildman–Crippen LogP) is 12.1. The summed E-state index contributed by atoms with van der Waals surface area (Å²) in [5, 5.41) is 1.04. The van der Waals surface area contributed by atoms with Gasteiger partial charge in [0.25, 0.3) is 0 Å². The van der Waals surface area contributed by atoms with Gasteiger partial charge in [-0.1, -0.05) is 170 Å². The molecule has 8 aromatic carbocycles. The van der Waals surface area contributed by atoms with E-state index in [-0.39, 0.29) is 0 Å². The molecule has 2 heterocycles. The van der Waals surface area contributed by atoms with Crippen molar-refractivity contribution in [1.29, 1.82) is 0 Å². The quantitative estimate of drug-likeness (QED) is 0.180. The highest BCUT2D eigenvalue weighted by molar-refractivity contribution is 5.97. The minimum absolute atomic E-state index is 0.561. The number of aromatic nitrogens is 2. The molecule has 0 saturated heterocycles. The second kappa shape index (κ2) is 11.2. The summed E-state index contributed by atoms with van der Waals surface area (Å²) in [6.07, 6.45) is 0. The Balaban J connectivity index is 1.17. The number of hydrogen-bond acceptors (Lipinski definition) is 3. The maximum absolute atomic E-state index is 6.68. The van der Waals surface area contributed by atoms with E-state index in [1.54, 1.807) is 0 Å². The highest BCUT2D eigenvalue weighted by Gasteiger charge is 2.58. The van der Waals surface area contributed by atoms with Gasteiger partial charge in [0.15, 0.2) is 5.82 Å². The van der Waals surface area contributed by atoms with Crippen LogP contribution in [0.25, 0.3) is 44.7 Å². The van der Waals surface area contributed by atoms with Crippen molar-refractivity contribution >= 4 is 10.9 Å². The molecule has 0 fully saturated rings. The van der Waals surface area contributed by atoms with Crippen molar-refractivity contribution in [2.24, 2.45) is 0 Å². The number of nitrogens with zero attached hydrogens (tertiary/aromatic N) is 2. The fourth-order valence-corrected chi connectivity index (χ4v) is 10.2. The van der Waals surface area contributed by atoms with Gasteiger partial charge in [0.1, 0.15) is 11.5 Å². The molecule has 0 N–H and O–H groups in total. The van der Waals surface area contributed by atoms with Crippen LogP contribution in [0.1, 0.15) is 44.5 Å². The predicted molar refractivity (Wildman–Crippen MR) is 220 cm³/mol. The van der Waals surface area contributed by atoms with Gasteiger partial charge in [0.05, 0.1) is 22.0 Å². The van der Waals surface area contributed by atoms with Gasteiger partial charge in [-0.2, -0.15) is 0 Å². The van der Waals surface area contributed by atoms with E-state index in [2.05, 4.69) is 176 Å². The molecule has 3 aliphatic rings. The van der Waals surface area contributed by atoms with E-state index < -0.39 is 10.8 Å². The average molecular weight is 701 g/mol. The molecule has 9 aromatic rings. The van der Waals surface area contributed by atoms with Crippen LogP contribution in [-0.2, 0) is 10.8 Å². The fraction of sp³-hybridized carbons (Fsp3) is 0.0385. The highest BCUT2D eigenvalue weighted by atomic mass is 16.5. The third-order valence-corrected chi connectivity index (χ3v) is 12.2. The zero-order valence-corrected chi connectivity index (χ0v) is 29.8. The molecule has 12 rings (SSSR count). The van der Waals surface area contributed by atoms with E-state index in [1.165, 1.54) is 44.5 Å². The van der Waals surface area contributed by atoms with Gasteiger partial charge in [-0.05, 0) is 68.8 Å². The van der Waals surface area contributed by atoms with Crippen LogP contribution in [0.3, 0.4) is 0 Å². The third-order valence-electron chi connectivity index (χ3n) is 12.2. The van der Waals surface area contributed by atoms with Gasteiger partial charge in [-0.3, -0.25) is 0 Å². The van der Waals surface area contributed by atoms with Crippen LogP contribution in [0.15, 0.2) is 194 Å². The number of ether oxygens (including phenoxy) is 1. The first-order chi connectivity index (χ1) is 27.3. The first-order valence-corrected chi connectivity index (χ1v) is 18.9. The van der Waals surface area contributed by atoms with E-state index in [0.717, 1.165) is 56.2 Å². The molecule has 3 nitrogen and oxygen atoms in total. The van der Waals surface area contributed by atoms with E-state index in [4.69, 9.17) is 14.7 Å². The summed E-state index contributed by atoms with van der Waals surface area (Å²) in [5.41, 5.74) is 15.3. The van der Waals surface area contributed by atoms with Gasteiger partial charge in [-0.25, -0.2) is 9.97 Å². The molecule has 1 aromatic heterocycles. The van der Waals surface area contributed by atoms with Crippen molar-refractivity contribution in [1.82, 2.24) is 9.97 Å². The van der Waals surface area contributed by atoms with Crippen molar-refractivity contribution < 1.29 is 4.74 Å². The summed E-state index contributed by atoms with van der Waals surface area (Å²) in [6, 6.07) is 70.2. The second-order valence-electron chi connectivity index (χ2n) is 14.8. The first-order valence-electron chi connectivity index (χ1n) is 18.9. The topological polar surface area (TPSA) is 35.0 Å². The Morgan fingerprint density at radius 1 is 0.345 bits per heavy atom. The number of benzene rings is 8. The third kappa shape index (κ3) is 3.89. The zero-order chi connectivity index (χ0) is 36.1. The summed E-state index contributed by atoms with van der Waals surface area (Å²) >= 11 is 0. The molecule has 256 valence electrons. The molecule has 55 heavy (non-hydrogen) atoms. The Kier molecular flexibility index (Phi) is 6.19. The summed E-state index contributed by atoms with van der Waals surface area (Å²) in [4.78, 5) is 10.3. The minimum Gasteiger partial charge on any atom is -0.457 e. The maximum Gasteiger partial charge on any atom is 0.160 e. The zero-order valence-electron chi connectivity index (χ0n) is 29.8. The molecule has 0 amide bonds. The SMILES string of the molecule is c1ccc(-c2nc(-c3ccc4c(c3)-c3ccccc3C43c4ccccc4C4(c5ccccc5Oc5ccccc54)c4ccccc43)c3ccccc3n2)cc1. The standard InChI is InChI=1S/C52H32N2O/c1-2-16-33(17-3-1)50-53-46-27-13-5-19-36(46)49(54-50)34-30-31-39-37(32-34)35-18-4-6-20-38(35)51(39)40-21-7-9-23-42(40)52(43-24-10-8-22-41(43)51)44-25-11-14-28-47(44)55-48-29-15-12-26-45(48)52/h1-32H. The largest absolute Gasteiger partial charge is 0.457 e. The maximum atomic E-state index is 6.68. The molecule has 0 bridgehead atoms. The Morgan fingerprint density at radius 3 is 1.49 bits per heavy atom. The van der Waals surface area contributed by atoms with Crippen LogP contribution in [0.4, 0.5) is 0 Å². The van der Waals surface area contributed by atoms with Crippen molar-refractivity contribution in [3.63, 3.8) is 0 Å². The van der Waals surface area contributed by atoms with Gasteiger partial charge in [-0.15, -0.1) is 0 Å². The van der Waals surface area contributed by atoms with Crippen molar-refractivity contribution in [3.05, 3.63) is 239 Å². The summed E-state index contributed by atoms with van der Waals surface area (Å²) < 4.78 is 6.68. The van der Waals surface area contributed by atoms with Gasteiger partial charge < -0.3 is 4.74 Å². The number of hydrogen-bond donors (Lipinski definition) is 0. The lowest BCUT2D eigenvalue weighted by Crippen LogP contribution is -2.45. The monoisotopic (exact) mass is 700 g/mol. The van der Waals surface area contributed by atoms with Crippen LogP contribution in [0.2, 0.25) is 0 Å². The molecular weight excluding hydrogens is 669 g/mol. The number of para-hydroxylation sites is 3. The average Bonchev–Trinajstić information content (AvgIpc) is 3.55. The molecule has 1 aliphatic heterocycles. The number of rotatable bonds is 2. The molecule has 2 aliphatic carbocycles. The van der Waals surface area contributed by atoms with Crippen LogP contribution >= 0.6 is 0 Å². The Bertz CT molecular complexity index is 2940. The summed E-state index contributed by atoms with van der Waals surface area (Å²) in [5.74, 6) is 2.51. The van der Waals surface area contributed by atoms with Crippen LogP contribution in [-0.4, -0.2) is 9.97 Å². The summed E-state index contributed by atoms with van der Waals surface area (Å²) in [6.45, 7) is 0. The Labute approximate surface area is 319 Å². The molecule has 0 saturated carbocycles. The second-order valence-corrected chi connectivity index (χ2v) is 14.8. The van der Waals surface area contributed by atoms with Crippen LogP contribution in [0.5, 0.6) is 11.5 Å². The molecule has 0 atom stereocenters. The van der Waals surface area contributed by atoms with E-state index in [9.17, 15) is 0 Å². The van der Waals surface area contributed by atoms with Crippen molar-refractivity contribution in [3.8, 4) is 45.3 Å². The fourth-order valence-electron chi connectivity index (χ4n) is 10.2. The summed E-state index contributed by atoms with van der Waals surface area (Å²) in [7, 11) is 0. The lowest BCUT2D eigenvalue weighted by Gasteiger charge is -2.51. The highest BCUT2D eigenvalue weighted by Crippen LogP contribution is 2.67. The Hall–Kier alpha value is -7.10. The van der Waals surface area contributed by atoms with E-state index >= 15 is 0 Å². The van der Waals surface area contributed by atoms with Gasteiger partial charge in [0.2, 0.25) is 0 Å². The first kappa shape index (κ1) is 30.4. The molecular formula is C52H32N2O. The van der Waals surface area contributed by atoms with Gasteiger partial charge >= 0.3 is 0 Å². The van der Waals surface area contributed by atoms with E-state index in [0.29, 0.717) is 0 Å². The minimum atomic E-state index is -0.588. The van der Waals surface area contributed by atoms with Gasteiger partial charge in [0, 0.05) is 27.6 Å². The van der Waals surface area contributed by atoms with Crippen molar-refractivity contribution in [2.75, 3.05) is 0 Å². The van der Waals surface area contributed by atoms with Crippen molar-refractivity contribution in [2.45, 2.75) is 10.8 Å². The van der Waals surface area contributed by atoms with E-state index in [1.807, 2.05) is 18.2 Å². The van der Waals surface area contributed by atoms with Crippen LogP contribution < -0.4 is 4.74 Å². The normalized spacial score (nSPS) is 14.6. The Morgan fingerprint density at radius 2 is 0.836 bits per heavy atom. The molecule has 2 spiro atoms. The van der Waals surface area contributed by atoms with Crippen LogP contribution in [0, 0.1) is 0 Å². The molecule has 3 heteroatoms. The number of fused-ring (bicyclic) bond motifs is 16. The smallest absolute Gasteiger partial charge is 0.160 e.